The van der Waals surface area contributed by atoms with Gasteiger partial charge in [-0.25, -0.2) is 0 Å². The molecule has 0 saturated carbocycles. The number of hydrogen-bond donors (Lipinski definition) is 3. The van der Waals surface area contributed by atoms with Crippen LogP contribution in [0.1, 0.15) is 0 Å². The second kappa shape index (κ2) is 4.32. The molecule has 13 heavy (non-hydrogen) atoms. The Labute approximate surface area is 76.2 Å². The van der Waals surface area contributed by atoms with E-state index in [0.29, 0.717) is 0 Å². The smallest absolute Gasteiger partial charge is 0.161 e. The standard InChI is InChI=1S/C7H15NO5/c1-8(12-2)7-6(11)5(10)4(9)3-13-7/h4-7,9-11H,3H2,1-2H3/t4-,5?,6+,7-/m1/s1. The summed E-state index contributed by atoms with van der Waals surface area (Å²) in [4.78, 5) is 4.80. The lowest BCUT2D eigenvalue weighted by atomic mass is 10.0. The minimum atomic E-state index is -1.20. The molecule has 6 heteroatoms. The highest BCUT2D eigenvalue weighted by Crippen LogP contribution is 2.17. The maximum atomic E-state index is 9.45. The summed E-state index contributed by atoms with van der Waals surface area (Å²) in [5.41, 5.74) is 0. The molecule has 1 fully saturated rings. The van der Waals surface area contributed by atoms with Crippen molar-refractivity contribution in [2.75, 3.05) is 20.8 Å². The van der Waals surface area contributed by atoms with Crippen molar-refractivity contribution < 1.29 is 24.9 Å². The van der Waals surface area contributed by atoms with E-state index in [9.17, 15) is 10.2 Å². The van der Waals surface area contributed by atoms with Crippen molar-refractivity contribution in [3.63, 3.8) is 0 Å². The van der Waals surface area contributed by atoms with E-state index in [1.807, 2.05) is 0 Å². The van der Waals surface area contributed by atoms with E-state index in [2.05, 4.69) is 0 Å². The number of aliphatic hydroxyl groups is 3. The summed E-state index contributed by atoms with van der Waals surface area (Å²) in [5.74, 6) is 0. The lowest BCUT2D eigenvalue weighted by Gasteiger charge is -2.38. The molecule has 0 amide bonds. The zero-order valence-corrected chi connectivity index (χ0v) is 7.62. The van der Waals surface area contributed by atoms with E-state index < -0.39 is 24.5 Å². The molecule has 3 N–H and O–H groups in total. The highest BCUT2D eigenvalue weighted by molar-refractivity contribution is 4.84. The van der Waals surface area contributed by atoms with Gasteiger partial charge >= 0.3 is 0 Å². The summed E-state index contributed by atoms with van der Waals surface area (Å²) in [5, 5.41) is 29.2. The minimum absolute atomic E-state index is 0.0173. The van der Waals surface area contributed by atoms with Crippen LogP contribution in [-0.4, -0.2) is 65.7 Å². The van der Waals surface area contributed by atoms with Crippen LogP contribution in [0, 0.1) is 0 Å². The fourth-order valence-corrected chi connectivity index (χ4v) is 1.21. The number of ether oxygens (including phenoxy) is 1. The van der Waals surface area contributed by atoms with E-state index in [4.69, 9.17) is 14.7 Å². The minimum Gasteiger partial charge on any atom is -0.388 e. The number of nitrogens with zero attached hydrogens (tertiary/aromatic N) is 1. The molecular weight excluding hydrogens is 178 g/mol. The quantitative estimate of drug-likeness (QED) is 0.437. The highest BCUT2D eigenvalue weighted by Gasteiger charge is 2.39. The van der Waals surface area contributed by atoms with Crippen LogP contribution in [0.4, 0.5) is 0 Å². The highest BCUT2D eigenvalue weighted by atomic mass is 16.7. The third-order valence-corrected chi connectivity index (χ3v) is 2.12. The average molecular weight is 193 g/mol. The van der Waals surface area contributed by atoms with E-state index in [0.717, 1.165) is 0 Å². The van der Waals surface area contributed by atoms with Crippen molar-refractivity contribution in [3.05, 3.63) is 0 Å². The first kappa shape index (κ1) is 10.8. The summed E-state index contributed by atoms with van der Waals surface area (Å²) in [6.45, 7) is -0.0173. The lowest BCUT2D eigenvalue weighted by Crippen LogP contribution is -2.57. The molecule has 1 heterocycles. The molecular formula is C7H15NO5. The van der Waals surface area contributed by atoms with Gasteiger partial charge in [-0.3, -0.25) is 4.84 Å². The third-order valence-electron chi connectivity index (χ3n) is 2.12. The summed E-state index contributed by atoms with van der Waals surface area (Å²) in [6.07, 6.45) is -4.16. The molecule has 4 atom stereocenters. The van der Waals surface area contributed by atoms with Crippen LogP contribution in [0.2, 0.25) is 0 Å². The van der Waals surface area contributed by atoms with Crippen molar-refractivity contribution >= 4 is 0 Å². The first-order valence-electron chi connectivity index (χ1n) is 4.00. The number of hydrogen-bond acceptors (Lipinski definition) is 6. The molecule has 1 unspecified atom stereocenters. The molecule has 78 valence electrons. The molecule has 0 aromatic carbocycles. The van der Waals surface area contributed by atoms with Gasteiger partial charge in [0.1, 0.15) is 18.3 Å². The van der Waals surface area contributed by atoms with Gasteiger partial charge in [0.05, 0.1) is 13.7 Å². The van der Waals surface area contributed by atoms with Crippen LogP contribution in [0.25, 0.3) is 0 Å². The zero-order chi connectivity index (χ0) is 10.0. The van der Waals surface area contributed by atoms with Gasteiger partial charge in [0, 0.05) is 7.05 Å². The Bertz CT molecular complexity index is 167. The largest absolute Gasteiger partial charge is 0.388 e. The van der Waals surface area contributed by atoms with Gasteiger partial charge in [-0.05, 0) is 0 Å². The zero-order valence-electron chi connectivity index (χ0n) is 7.62. The van der Waals surface area contributed by atoms with Gasteiger partial charge in [0.25, 0.3) is 0 Å². The van der Waals surface area contributed by atoms with E-state index in [1.54, 1.807) is 7.05 Å². The molecule has 0 bridgehead atoms. The molecule has 1 rings (SSSR count). The van der Waals surface area contributed by atoms with Crippen molar-refractivity contribution in [2.45, 2.75) is 24.5 Å². The van der Waals surface area contributed by atoms with Crippen LogP contribution < -0.4 is 0 Å². The Balaban J connectivity index is 2.58. The van der Waals surface area contributed by atoms with Gasteiger partial charge in [-0.15, -0.1) is 0 Å². The second-order valence-electron chi connectivity index (χ2n) is 3.00. The summed E-state index contributed by atoms with van der Waals surface area (Å²) < 4.78 is 5.07. The predicted octanol–water partition coefficient (Wildman–Crippen LogP) is -2.08. The second-order valence-corrected chi connectivity index (χ2v) is 3.00. The SMILES string of the molecule is CON(C)[C@@H]1OC[C@@H](O)C(O)[C@@H]1O. The Hall–Kier alpha value is -0.240. The van der Waals surface area contributed by atoms with Crippen molar-refractivity contribution in [3.8, 4) is 0 Å². The molecule has 0 aliphatic carbocycles. The number of likely N-dealkylation sites (N-methyl/N-ethyl adjacent to an activating group) is 1. The molecule has 6 nitrogen and oxygen atoms in total. The molecule has 0 aromatic rings. The van der Waals surface area contributed by atoms with Crippen molar-refractivity contribution in [1.82, 2.24) is 5.06 Å². The van der Waals surface area contributed by atoms with Gasteiger partial charge in [-0.2, -0.15) is 5.06 Å². The summed E-state index contributed by atoms with van der Waals surface area (Å²) >= 11 is 0. The first-order valence-corrected chi connectivity index (χ1v) is 4.00. The number of rotatable bonds is 2. The van der Waals surface area contributed by atoms with Crippen LogP contribution in [0.15, 0.2) is 0 Å². The Morgan fingerprint density at radius 1 is 1.31 bits per heavy atom. The molecule has 0 spiro atoms. The Morgan fingerprint density at radius 3 is 2.46 bits per heavy atom. The Kier molecular flexibility index (Phi) is 3.60. The third kappa shape index (κ3) is 2.16. The van der Waals surface area contributed by atoms with Gasteiger partial charge < -0.3 is 20.1 Å². The lowest BCUT2D eigenvalue weighted by molar-refractivity contribution is -0.296. The first-order chi connectivity index (χ1) is 6.07. The van der Waals surface area contributed by atoms with Crippen LogP contribution in [0.3, 0.4) is 0 Å². The normalized spacial score (nSPS) is 41.1. The van der Waals surface area contributed by atoms with Crippen molar-refractivity contribution in [1.29, 1.82) is 0 Å². The van der Waals surface area contributed by atoms with E-state index in [1.165, 1.54) is 12.2 Å². The van der Waals surface area contributed by atoms with Gasteiger partial charge in [0.2, 0.25) is 0 Å². The summed E-state index contributed by atoms with van der Waals surface area (Å²) in [7, 11) is 2.99. The van der Waals surface area contributed by atoms with Crippen LogP contribution in [0.5, 0.6) is 0 Å². The van der Waals surface area contributed by atoms with E-state index in [-0.39, 0.29) is 6.61 Å². The summed E-state index contributed by atoms with van der Waals surface area (Å²) in [6, 6.07) is 0. The molecule has 1 aliphatic heterocycles. The monoisotopic (exact) mass is 193 g/mol. The van der Waals surface area contributed by atoms with Crippen LogP contribution >= 0.6 is 0 Å². The Morgan fingerprint density at radius 2 is 1.92 bits per heavy atom. The van der Waals surface area contributed by atoms with E-state index >= 15 is 0 Å². The molecule has 1 saturated heterocycles. The predicted molar refractivity (Wildman–Crippen MR) is 42.5 cm³/mol. The number of hydroxylamine groups is 2. The molecule has 0 aromatic heterocycles. The number of aliphatic hydroxyl groups excluding tert-OH is 3. The van der Waals surface area contributed by atoms with Gasteiger partial charge in [-0.1, -0.05) is 0 Å². The fraction of sp³-hybridized carbons (Fsp3) is 1.00. The molecule has 1 aliphatic rings. The maximum absolute atomic E-state index is 9.45. The van der Waals surface area contributed by atoms with Gasteiger partial charge in [0.15, 0.2) is 6.23 Å². The maximum Gasteiger partial charge on any atom is 0.161 e. The fourth-order valence-electron chi connectivity index (χ4n) is 1.21. The average Bonchev–Trinajstić information content (AvgIpc) is 2.13. The topological polar surface area (TPSA) is 82.4 Å². The van der Waals surface area contributed by atoms with Crippen molar-refractivity contribution in [2.24, 2.45) is 0 Å². The molecule has 0 radical (unpaired) electrons. The van der Waals surface area contributed by atoms with Crippen LogP contribution in [-0.2, 0) is 9.57 Å².